The second kappa shape index (κ2) is 9.87. The van der Waals surface area contributed by atoms with E-state index in [4.69, 9.17) is 0 Å². The van der Waals surface area contributed by atoms with Gasteiger partial charge in [0.15, 0.2) is 0 Å². The third-order valence-electron chi connectivity index (χ3n) is 5.18. The number of carbonyl (C=O) groups excluding carboxylic acids is 1. The van der Waals surface area contributed by atoms with Crippen molar-refractivity contribution in [2.24, 2.45) is 5.92 Å². The maximum atomic E-state index is 12.2. The van der Waals surface area contributed by atoms with Gasteiger partial charge in [0.2, 0.25) is 11.9 Å². The maximum absolute atomic E-state index is 12.2. The smallest absolute Gasteiger partial charge is 0.224 e. The molecule has 2 N–H and O–H groups in total. The molecule has 1 amide bonds. The molecule has 3 rings (SSSR count). The van der Waals surface area contributed by atoms with Crippen LogP contribution in [0, 0.1) is 5.92 Å². The van der Waals surface area contributed by atoms with Crippen LogP contribution in [0.15, 0.2) is 41.0 Å². The first-order chi connectivity index (χ1) is 13.5. The molecule has 0 saturated heterocycles. The highest BCUT2D eigenvalue weighted by molar-refractivity contribution is 9.10. The van der Waals surface area contributed by atoms with Gasteiger partial charge in [0.25, 0.3) is 0 Å². The van der Waals surface area contributed by atoms with Crippen LogP contribution >= 0.6 is 15.9 Å². The minimum absolute atomic E-state index is 0.0843. The van der Waals surface area contributed by atoms with Crippen molar-refractivity contribution in [1.29, 1.82) is 0 Å². The Morgan fingerprint density at radius 2 is 1.93 bits per heavy atom. The normalized spacial score (nSPS) is 19.1. The molecular formula is C21H28BrN5O. The van der Waals surface area contributed by atoms with E-state index in [0.717, 1.165) is 48.1 Å². The lowest BCUT2D eigenvalue weighted by Crippen LogP contribution is -2.34. The van der Waals surface area contributed by atoms with Crippen molar-refractivity contribution in [3.05, 3.63) is 46.6 Å². The number of benzene rings is 1. The van der Waals surface area contributed by atoms with Crippen molar-refractivity contribution in [3.63, 3.8) is 0 Å². The Labute approximate surface area is 175 Å². The zero-order valence-electron chi connectivity index (χ0n) is 16.5. The molecule has 0 spiro atoms. The molecule has 150 valence electrons. The van der Waals surface area contributed by atoms with E-state index in [-0.39, 0.29) is 5.91 Å². The summed E-state index contributed by atoms with van der Waals surface area (Å²) in [6.07, 6.45) is 6.54. The third-order valence-corrected chi connectivity index (χ3v) is 5.95. The minimum atomic E-state index is 0.0843. The number of hydrogen-bond acceptors (Lipinski definition) is 5. The first-order valence-corrected chi connectivity index (χ1v) is 10.6. The molecule has 1 heterocycles. The highest BCUT2D eigenvalue weighted by atomic mass is 79.9. The van der Waals surface area contributed by atoms with Gasteiger partial charge in [0, 0.05) is 37.4 Å². The van der Waals surface area contributed by atoms with Crippen LogP contribution in [0.5, 0.6) is 0 Å². The standard InChI is InChI=1S/C21H28BrN5O/c1-27(2)19-11-12-23-21(26-19)25-17-9-7-15(8-10-17)14-24-20(28)13-16-5-3-4-6-18(16)22/h3-6,11-12,15,17H,7-10,13-14H2,1-2H3,(H,24,28)(H,23,25,26). The minimum Gasteiger partial charge on any atom is -0.363 e. The van der Waals surface area contributed by atoms with Gasteiger partial charge in [-0.05, 0) is 49.3 Å². The fourth-order valence-corrected chi connectivity index (χ4v) is 3.92. The van der Waals surface area contributed by atoms with Gasteiger partial charge in [-0.25, -0.2) is 4.98 Å². The number of amides is 1. The molecule has 2 aromatic rings. The van der Waals surface area contributed by atoms with Gasteiger partial charge < -0.3 is 15.5 Å². The fraction of sp³-hybridized carbons (Fsp3) is 0.476. The van der Waals surface area contributed by atoms with E-state index in [1.54, 1.807) is 6.20 Å². The van der Waals surface area contributed by atoms with E-state index in [1.807, 2.05) is 49.3 Å². The third kappa shape index (κ3) is 5.92. The van der Waals surface area contributed by atoms with Crippen LogP contribution in [0.3, 0.4) is 0 Å². The molecule has 7 heteroatoms. The summed E-state index contributed by atoms with van der Waals surface area (Å²) in [5.74, 6) is 2.21. The first kappa shape index (κ1) is 20.6. The molecule has 1 saturated carbocycles. The average Bonchev–Trinajstić information content (AvgIpc) is 2.69. The highest BCUT2D eigenvalue weighted by Crippen LogP contribution is 2.26. The Balaban J connectivity index is 1.40. The van der Waals surface area contributed by atoms with Gasteiger partial charge >= 0.3 is 0 Å². The zero-order valence-corrected chi connectivity index (χ0v) is 18.1. The summed E-state index contributed by atoms with van der Waals surface area (Å²) in [6.45, 7) is 0.753. The number of rotatable bonds is 7. The van der Waals surface area contributed by atoms with Gasteiger partial charge in [0.05, 0.1) is 6.42 Å². The Bertz CT molecular complexity index is 790. The van der Waals surface area contributed by atoms with Crippen LogP contribution in [0.25, 0.3) is 0 Å². The quantitative estimate of drug-likeness (QED) is 0.680. The van der Waals surface area contributed by atoms with E-state index in [1.165, 1.54) is 0 Å². The lowest BCUT2D eigenvalue weighted by molar-refractivity contribution is -0.120. The van der Waals surface area contributed by atoms with E-state index in [9.17, 15) is 4.79 Å². The van der Waals surface area contributed by atoms with E-state index < -0.39 is 0 Å². The number of nitrogens with zero attached hydrogens (tertiary/aromatic N) is 3. The maximum Gasteiger partial charge on any atom is 0.224 e. The molecular weight excluding hydrogens is 418 g/mol. The predicted octanol–water partition coefficient (Wildman–Crippen LogP) is 3.63. The molecule has 1 aromatic heterocycles. The van der Waals surface area contributed by atoms with Crippen LogP contribution in [-0.2, 0) is 11.2 Å². The predicted molar refractivity (Wildman–Crippen MR) is 117 cm³/mol. The Morgan fingerprint density at radius 1 is 1.18 bits per heavy atom. The van der Waals surface area contributed by atoms with E-state index in [2.05, 4.69) is 36.5 Å². The highest BCUT2D eigenvalue weighted by Gasteiger charge is 2.22. The number of carbonyl (C=O) groups is 1. The fourth-order valence-electron chi connectivity index (χ4n) is 3.50. The summed E-state index contributed by atoms with van der Waals surface area (Å²) in [6, 6.07) is 10.2. The first-order valence-electron chi connectivity index (χ1n) is 9.78. The molecule has 6 nitrogen and oxygen atoms in total. The zero-order chi connectivity index (χ0) is 19.9. The molecule has 0 bridgehead atoms. The Hall–Kier alpha value is -2.15. The monoisotopic (exact) mass is 445 g/mol. The molecule has 0 atom stereocenters. The van der Waals surface area contributed by atoms with E-state index >= 15 is 0 Å². The lowest BCUT2D eigenvalue weighted by Gasteiger charge is -2.29. The van der Waals surface area contributed by atoms with Gasteiger partial charge in [-0.15, -0.1) is 0 Å². The number of halogens is 1. The van der Waals surface area contributed by atoms with E-state index in [0.29, 0.717) is 24.3 Å². The second-order valence-corrected chi connectivity index (χ2v) is 8.42. The number of hydrogen-bond donors (Lipinski definition) is 2. The lowest BCUT2D eigenvalue weighted by atomic mass is 9.86. The summed E-state index contributed by atoms with van der Waals surface area (Å²) < 4.78 is 0.984. The molecule has 1 aromatic carbocycles. The van der Waals surface area contributed by atoms with Crippen LogP contribution in [0.4, 0.5) is 11.8 Å². The van der Waals surface area contributed by atoms with Crippen molar-refractivity contribution in [1.82, 2.24) is 15.3 Å². The molecule has 0 aliphatic heterocycles. The SMILES string of the molecule is CN(C)c1ccnc(NC2CCC(CNC(=O)Cc3ccccc3Br)CC2)n1. The van der Waals surface area contributed by atoms with Crippen LogP contribution in [-0.4, -0.2) is 42.6 Å². The Morgan fingerprint density at radius 3 is 2.64 bits per heavy atom. The topological polar surface area (TPSA) is 70.2 Å². The van der Waals surface area contributed by atoms with Gasteiger partial charge in [-0.1, -0.05) is 34.1 Å². The van der Waals surface area contributed by atoms with Crippen LogP contribution in [0.2, 0.25) is 0 Å². The summed E-state index contributed by atoms with van der Waals surface area (Å²) in [4.78, 5) is 23.1. The van der Waals surface area contributed by atoms with Crippen molar-refractivity contribution in [2.75, 3.05) is 30.9 Å². The second-order valence-electron chi connectivity index (χ2n) is 7.57. The molecule has 1 aliphatic rings. The number of aromatic nitrogens is 2. The summed E-state index contributed by atoms with van der Waals surface area (Å²) in [5.41, 5.74) is 1.02. The van der Waals surface area contributed by atoms with Crippen molar-refractivity contribution >= 4 is 33.6 Å². The summed E-state index contributed by atoms with van der Waals surface area (Å²) in [7, 11) is 3.95. The van der Waals surface area contributed by atoms with Gasteiger partial charge in [-0.3, -0.25) is 4.79 Å². The molecule has 0 unspecified atom stereocenters. The molecule has 0 radical (unpaired) electrons. The average molecular weight is 446 g/mol. The number of anilines is 2. The largest absolute Gasteiger partial charge is 0.363 e. The van der Waals surface area contributed by atoms with Gasteiger partial charge in [0.1, 0.15) is 5.82 Å². The molecule has 1 fully saturated rings. The summed E-state index contributed by atoms with van der Waals surface area (Å²) >= 11 is 3.50. The molecule has 28 heavy (non-hydrogen) atoms. The van der Waals surface area contributed by atoms with Crippen molar-refractivity contribution < 1.29 is 4.79 Å². The van der Waals surface area contributed by atoms with Crippen molar-refractivity contribution in [2.45, 2.75) is 38.1 Å². The van der Waals surface area contributed by atoms with Gasteiger partial charge in [-0.2, -0.15) is 4.98 Å². The van der Waals surface area contributed by atoms with Crippen molar-refractivity contribution in [3.8, 4) is 0 Å². The van der Waals surface area contributed by atoms with Crippen LogP contribution < -0.4 is 15.5 Å². The van der Waals surface area contributed by atoms with Crippen LogP contribution in [0.1, 0.15) is 31.2 Å². The number of nitrogens with one attached hydrogen (secondary N) is 2. The summed E-state index contributed by atoms with van der Waals surface area (Å²) in [5, 5.41) is 6.56. The molecule has 1 aliphatic carbocycles. The Kier molecular flexibility index (Phi) is 7.25.